The fourth-order valence-corrected chi connectivity index (χ4v) is 2.57. The molecule has 0 radical (unpaired) electrons. The number of hydrogen-bond donors (Lipinski definition) is 1. The fourth-order valence-electron chi connectivity index (χ4n) is 2.39. The van der Waals surface area contributed by atoms with E-state index in [0.717, 1.165) is 0 Å². The van der Waals surface area contributed by atoms with Gasteiger partial charge in [0.2, 0.25) is 0 Å². The number of anilines is 1. The molecule has 0 spiro atoms. The lowest BCUT2D eigenvalue weighted by atomic mass is 10.1. The largest absolute Gasteiger partial charge is 0.495 e. The van der Waals surface area contributed by atoms with Crippen LogP contribution in [0.2, 0.25) is 5.02 Å². The molecule has 2 rings (SSSR count). The monoisotopic (exact) mass is 411 g/mol. The predicted octanol–water partition coefficient (Wildman–Crippen LogP) is 4.20. The quantitative estimate of drug-likeness (QED) is 0.515. The maximum atomic E-state index is 12.6. The first-order chi connectivity index (χ1) is 14.0. The van der Waals surface area contributed by atoms with Crippen LogP contribution in [-0.2, 0) is 4.79 Å². The summed E-state index contributed by atoms with van der Waals surface area (Å²) >= 11 is 5.97. The van der Waals surface area contributed by atoms with Crippen molar-refractivity contribution in [3.63, 3.8) is 0 Å². The summed E-state index contributed by atoms with van der Waals surface area (Å²) in [6.45, 7) is 2.07. The molecule has 0 saturated carbocycles. The van der Waals surface area contributed by atoms with Crippen LogP contribution in [0.15, 0.2) is 42.0 Å². The minimum absolute atomic E-state index is 0.122. The third-order valence-corrected chi connectivity index (χ3v) is 3.88. The number of ether oxygens (including phenoxy) is 3. The van der Waals surface area contributed by atoms with Gasteiger partial charge in [0.25, 0.3) is 5.91 Å². The molecule has 0 aliphatic rings. The van der Waals surface area contributed by atoms with Gasteiger partial charge in [-0.25, -0.2) is 0 Å². The molecule has 8 heteroatoms. The highest BCUT2D eigenvalue weighted by Gasteiger charge is 2.14. The van der Waals surface area contributed by atoms with Gasteiger partial charge in [0.05, 0.1) is 19.4 Å². The zero-order valence-electron chi connectivity index (χ0n) is 15.9. The maximum Gasteiger partial charge on any atom is 0.266 e. The Morgan fingerprint density at radius 1 is 1.14 bits per heavy atom. The van der Waals surface area contributed by atoms with Crippen molar-refractivity contribution in [1.82, 2.24) is 0 Å². The Morgan fingerprint density at radius 2 is 1.90 bits per heavy atom. The van der Waals surface area contributed by atoms with Crippen molar-refractivity contribution in [2.45, 2.75) is 6.92 Å². The number of nitrogens with zero attached hydrogens (tertiary/aromatic N) is 2. The van der Waals surface area contributed by atoms with Gasteiger partial charge in [0, 0.05) is 5.02 Å². The predicted molar refractivity (Wildman–Crippen MR) is 109 cm³/mol. The molecule has 2 aromatic rings. The van der Waals surface area contributed by atoms with E-state index in [1.165, 1.54) is 19.3 Å². The van der Waals surface area contributed by atoms with Crippen LogP contribution < -0.4 is 19.5 Å². The first kappa shape index (κ1) is 21.6. The highest BCUT2D eigenvalue weighted by molar-refractivity contribution is 6.31. The molecule has 7 nitrogen and oxygen atoms in total. The van der Waals surface area contributed by atoms with Gasteiger partial charge >= 0.3 is 0 Å². The normalized spacial score (nSPS) is 10.4. The highest BCUT2D eigenvalue weighted by Crippen LogP contribution is 2.30. The summed E-state index contributed by atoms with van der Waals surface area (Å²) in [4.78, 5) is 12.6. The standard InChI is InChI=1S/C21H18ClN3O4/c1-3-28-20-11-14(4-6-19(20)29-9-8-23)10-15(13-24)21(26)25-17-12-16(22)5-7-18(17)27-2/h4-7,10-12H,3,9H2,1-2H3,(H,25,26)/b15-10+. The van der Waals surface area contributed by atoms with E-state index in [4.69, 9.17) is 31.1 Å². The summed E-state index contributed by atoms with van der Waals surface area (Å²) in [5.41, 5.74) is 0.782. The molecule has 0 unspecified atom stereocenters. The summed E-state index contributed by atoms with van der Waals surface area (Å²) < 4.78 is 16.0. The summed E-state index contributed by atoms with van der Waals surface area (Å²) in [6, 6.07) is 13.4. The van der Waals surface area contributed by atoms with Crippen molar-refractivity contribution in [1.29, 1.82) is 10.5 Å². The van der Waals surface area contributed by atoms with Gasteiger partial charge in [-0.3, -0.25) is 4.79 Å². The van der Waals surface area contributed by atoms with E-state index in [1.807, 2.05) is 19.1 Å². The van der Waals surface area contributed by atoms with Gasteiger partial charge in [0.15, 0.2) is 18.1 Å². The number of benzene rings is 2. The molecule has 0 fully saturated rings. The molecule has 0 aliphatic carbocycles. The van der Waals surface area contributed by atoms with Gasteiger partial charge in [0.1, 0.15) is 23.5 Å². The molecule has 0 saturated heterocycles. The Labute approximate surface area is 173 Å². The molecule has 1 amide bonds. The van der Waals surface area contributed by atoms with Crippen LogP contribution >= 0.6 is 11.6 Å². The highest BCUT2D eigenvalue weighted by atomic mass is 35.5. The third kappa shape index (κ3) is 5.90. The Kier molecular flexibility index (Phi) is 7.90. The molecule has 0 bridgehead atoms. The number of nitriles is 2. The van der Waals surface area contributed by atoms with E-state index in [2.05, 4.69) is 5.32 Å². The smallest absolute Gasteiger partial charge is 0.266 e. The van der Waals surface area contributed by atoms with Gasteiger partial charge in [-0.1, -0.05) is 17.7 Å². The van der Waals surface area contributed by atoms with Crippen molar-refractivity contribution in [2.75, 3.05) is 25.6 Å². The Bertz CT molecular complexity index is 1010. The lowest BCUT2D eigenvalue weighted by molar-refractivity contribution is -0.112. The van der Waals surface area contributed by atoms with Crippen LogP contribution in [0.4, 0.5) is 5.69 Å². The topological polar surface area (TPSA) is 104 Å². The number of rotatable bonds is 8. The second-order valence-corrected chi connectivity index (χ2v) is 5.99. The van der Waals surface area contributed by atoms with Crippen LogP contribution in [0.5, 0.6) is 17.2 Å². The fraction of sp³-hybridized carbons (Fsp3) is 0.190. The minimum atomic E-state index is -0.615. The molecule has 2 aromatic carbocycles. The van der Waals surface area contributed by atoms with E-state index in [1.54, 1.807) is 30.3 Å². The van der Waals surface area contributed by atoms with Gasteiger partial charge < -0.3 is 19.5 Å². The number of carbonyl (C=O) groups excluding carboxylic acids is 1. The van der Waals surface area contributed by atoms with E-state index in [0.29, 0.717) is 40.1 Å². The number of methoxy groups -OCH3 is 1. The van der Waals surface area contributed by atoms with Crippen molar-refractivity contribution >= 4 is 29.3 Å². The summed E-state index contributed by atoms with van der Waals surface area (Å²) in [5, 5.41) is 21.1. The third-order valence-electron chi connectivity index (χ3n) is 3.65. The summed E-state index contributed by atoms with van der Waals surface area (Å²) in [6.07, 6.45) is 1.42. The molecular weight excluding hydrogens is 394 g/mol. The summed E-state index contributed by atoms with van der Waals surface area (Å²) in [7, 11) is 1.46. The Balaban J connectivity index is 2.30. The average molecular weight is 412 g/mol. The zero-order chi connectivity index (χ0) is 21.2. The van der Waals surface area contributed by atoms with Crippen molar-refractivity contribution in [2.24, 2.45) is 0 Å². The molecule has 0 aromatic heterocycles. The number of amides is 1. The SMILES string of the molecule is CCOc1cc(/C=C(\C#N)C(=O)Nc2cc(Cl)ccc2OC)ccc1OCC#N. The number of hydrogen-bond acceptors (Lipinski definition) is 6. The minimum Gasteiger partial charge on any atom is -0.495 e. The van der Waals surface area contributed by atoms with Crippen LogP contribution in [0.3, 0.4) is 0 Å². The van der Waals surface area contributed by atoms with E-state index in [-0.39, 0.29) is 12.2 Å². The van der Waals surface area contributed by atoms with Crippen LogP contribution in [0.1, 0.15) is 12.5 Å². The van der Waals surface area contributed by atoms with Crippen molar-refractivity contribution < 1.29 is 19.0 Å². The van der Waals surface area contributed by atoms with E-state index < -0.39 is 5.91 Å². The van der Waals surface area contributed by atoms with Crippen molar-refractivity contribution in [3.05, 3.63) is 52.6 Å². The van der Waals surface area contributed by atoms with Gasteiger partial charge in [-0.05, 0) is 48.9 Å². The molecular formula is C21H18ClN3O4. The van der Waals surface area contributed by atoms with Gasteiger partial charge in [-0.2, -0.15) is 10.5 Å². The Hall–Kier alpha value is -3.68. The van der Waals surface area contributed by atoms with Crippen LogP contribution in [0.25, 0.3) is 6.08 Å². The second-order valence-electron chi connectivity index (χ2n) is 5.55. The Morgan fingerprint density at radius 3 is 2.55 bits per heavy atom. The van der Waals surface area contributed by atoms with Crippen LogP contribution in [-0.4, -0.2) is 26.2 Å². The molecule has 0 aliphatic heterocycles. The number of carbonyl (C=O) groups is 1. The van der Waals surface area contributed by atoms with Gasteiger partial charge in [-0.15, -0.1) is 0 Å². The number of halogens is 1. The van der Waals surface area contributed by atoms with E-state index >= 15 is 0 Å². The molecule has 1 N–H and O–H groups in total. The average Bonchev–Trinajstić information content (AvgIpc) is 2.71. The lowest BCUT2D eigenvalue weighted by Crippen LogP contribution is -2.14. The zero-order valence-corrected chi connectivity index (χ0v) is 16.6. The molecule has 0 atom stereocenters. The molecule has 29 heavy (non-hydrogen) atoms. The summed E-state index contributed by atoms with van der Waals surface area (Å²) in [5.74, 6) is 0.608. The number of nitrogens with one attached hydrogen (secondary N) is 1. The van der Waals surface area contributed by atoms with Crippen LogP contribution in [0, 0.1) is 22.7 Å². The first-order valence-electron chi connectivity index (χ1n) is 8.55. The molecule has 148 valence electrons. The lowest BCUT2D eigenvalue weighted by Gasteiger charge is -2.11. The van der Waals surface area contributed by atoms with E-state index in [9.17, 15) is 10.1 Å². The second kappa shape index (κ2) is 10.6. The first-order valence-corrected chi connectivity index (χ1v) is 8.93. The molecule has 0 heterocycles. The van der Waals surface area contributed by atoms with Crippen molar-refractivity contribution in [3.8, 4) is 29.4 Å². The maximum absolute atomic E-state index is 12.6.